The average molecular weight is 882 g/mol. The summed E-state index contributed by atoms with van der Waals surface area (Å²) in [6.45, 7) is 11.5. The zero-order valence-corrected chi connectivity index (χ0v) is 38.5. The molecule has 1 N–H and O–H groups in total. The third-order valence-corrected chi connectivity index (χ3v) is 13.8. The van der Waals surface area contributed by atoms with Gasteiger partial charge in [-0.3, -0.25) is 4.79 Å². The Labute approximate surface area is 398 Å². The van der Waals surface area contributed by atoms with Crippen molar-refractivity contribution in [3.8, 4) is 33.7 Å². The molecule has 0 fully saturated rings. The molecule has 1 aromatic heterocycles. The van der Waals surface area contributed by atoms with E-state index in [-0.39, 0.29) is 11.2 Å². The zero-order chi connectivity index (χ0) is 46.5. The second-order valence-corrected chi connectivity index (χ2v) is 18.3. The van der Waals surface area contributed by atoms with Gasteiger partial charge in [0.1, 0.15) is 5.75 Å². The molecular weight excluding hydrogens is 831 g/mol. The van der Waals surface area contributed by atoms with Crippen molar-refractivity contribution in [1.29, 1.82) is 0 Å². The van der Waals surface area contributed by atoms with Crippen LogP contribution in [0, 0.1) is 0 Å². The first-order valence-corrected chi connectivity index (χ1v) is 23.4. The number of benzene rings is 8. The second kappa shape index (κ2) is 17.1. The number of para-hydroxylation sites is 2. The van der Waals surface area contributed by atoms with E-state index in [1.165, 1.54) is 22.3 Å². The van der Waals surface area contributed by atoms with Gasteiger partial charge < -0.3 is 19.5 Å². The Hall–Kier alpha value is -8.41. The van der Waals surface area contributed by atoms with E-state index < -0.39 is 0 Å². The summed E-state index contributed by atoms with van der Waals surface area (Å²) >= 11 is 0. The summed E-state index contributed by atoms with van der Waals surface area (Å²) in [5.74, 6) is 0.208. The fraction of sp³-hybridized carbons (Fsp3) is 0.0952. The highest BCUT2D eigenvalue weighted by atomic mass is 16.3. The van der Waals surface area contributed by atoms with Gasteiger partial charge in [0.15, 0.2) is 6.29 Å². The minimum atomic E-state index is -0.137. The first-order valence-electron chi connectivity index (χ1n) is 23.4. The molecule has 0 spiro atoms. The number of fused-ring (bicyclic) bond motifs is 5. The molecule has 11 rings (SSSR count). The number of aromatic hydroxyl groups is 1. The molecule has 5 nitrogen and oxygen atoms in total. The van der Waals surface area contributed by atoms with Crippen LogP contribution in [-0.2, 0) is 11.8 Å². The monoisotopic (exact) mass is 881 g/mol. The number of phenols is 1. The van der Waals surface area contributed by atoms with Crippen molar-refractivity contribution < 1.29 is 9.90 Å². The van der Waals surface area contributed by atoms with Crippen molar-refractivity contribution >= 4 is 56.8 Å². The van der Waals surface area contributed by atoms with Crippen molar-refractivity contribution in [2.45, 2.75) is 39.0 Å². The minimum Gasteiger partial charge on any atom is -0.508 e. The Bertz CT molecular complexity index is 3450. The maximum absolute atomic E-state index is 12.7. The molecule has 0 saturated heterocycles. The summed E-state index contributed by atoms with van der Waals surface area (Å²) in [4.78, 5) is 17.2. The van der Waals surface area contributed by atoms with Gasteiger partial charge in [-0.15, -0.1) is 0 Å². The van der Waals surface area contributed by atoms with E-state index in [0.717, 1.165) is 109 Å². The maximum atomic E-state index is 12.7. The molecule has 0 saturated carbocycles. The van der Waals surface area contributed by atoms with Crippen LogP contribution in [0.25, 0.3) is 50.0 Å². The van der Waals surface area contributed by atoms with Gasteiger partial charge in [0, 0.05) is 62.3 Å². The van der Waals surface area contributed by atoms with Crippen LogP contribution in [0.15, 0.2) is 213 Å². The number of aldehydes is 1. The molecule has 5 heteroatoms. The smallest absolute Gasteiger partial charge is 0.152 e. The molecule has 68 heavy (non-hydrogen) atoms. The van der Waals surface area contributed by atoms with Crippen LogP contribution >= 0.6 is 0 Å². The largest absolute Gasteiger partial charge is 0.508 e. The third kappa shape index (κ3) is 7.24. The lowest BCUT2D eigenvalue weighted by Gasteiger charge is -2.29. The van der Waals surface area contributed by atoms with E-state index in [1.54, 1.807) is 12.1 Å². The molecule has 2 aliphatic rings. The Balaban J connectivity index is 0.950. The van der Waals surface area contributed by atoms with E-state index in [2.05, 4.69) is 199 Å². The Kier molecular flexibility index (Phi) is 10.6. The number of aromatic nitrogens is 1. The molecule has 0 amide bonds. The van der Waals surface area contributed by atoms with Gasteiger partial charge in [-0.05, 0) is 166 Å². The van der Waals surface area contributed by atoms with Crippen molar-refractivity contribution in [2.75, 3.05) is 9.80 Å². The van der Waals surface area contributed by atoms with E-state index in [0.29, 0.717) is 0 Å². The van der Waals surface area contributed by atoms with Gasteiger partial charge >= 0.3 is 0 Å². The normalized spacial score (nSPS) is 14.8. The van der Waals surface area contributed by atoms with Crippen LogP contribution in [0.5, 0.6) is 5.75 Å². The summed E-state index contributed by atoms with van der Waals surface area (Å²) in [7, 11) is 0. The Morgan fingerprint density at radius 3 is 1.88 bits per heavy atom. The number of allylic oxidation sites excluding steroid dienone is 4. The highest BCUT2D eigenvalue weighted by molar-refractivity contribution is 6.02. The molecule has 1 aliphatic heterocycles. The number of carbonyl (C=O) groups is 1. The SMILES string of the molecule is C=C1/C=C(c2ccc(N(c3ccc(O)cc3)c3ccc(-c4ccc5c(c4)c(C=O)c(CCC)n5-c4ccccc4)cc3)cc2)\C=C/N(c2ccccc2)c2cc3c(cc21)-c1ccccc1C3(C)C. The summed E-state index contributed by atoms with van der Waals surface area (Å²) in [6.07, 6.45) is 9.34. The van der Waals surface area contributed by atoms with Gasteiger partial charge in [-0.2, -0.15) is 0 Å². The molecule has 0 unspecified atom stereocenters. The van der Waals surface area contributed by atoms with E-state index >= 15 is 0 Å². The minimum absolute atomic E-state index is 0.137. The summed E-state index contributed by atoms with van der Waals surface area (Å²) in [5.41, 5.74) is 20.2. The van der Waals surface area contributed by atoms with Gasteiger partial charge in [-0.25, -0.2) is 0 Å². The Morgan fingerprint density at radius 2 is 1.22 bits per heavy atom. The number of phenolic OH excluding ortho intramolecular Hbond substituents is 1. The zero-order valence-electron chi connectivity index (χ0n) is 38.5. The predicted octanol–water partition coefficient (Wildman–Crippen LogP) is 16.3. The highest BCUT2D eigenvalue weighted by Crippen LogP contribution is 2.52. The summed E-state index contributed by atoms with van der Waals surface area (Å²) < 4.78 is 2.24. The lowest BCUT2D eigenvalue weighted by Crippen LogP contribution is -2.17. The lowest BCUT2D eigenvalue weighted by atomic mass is 9.81. The van der Waals surface area contributed by atoms with Gasteiger partial charge in [0.2, 0.25) is 0 Å². The quantitative estimate of drug-likeness (QED) is 0.139. The topological polar surface area (TPSA) is 48.7 Å². The highest BCUT2D eigenvalue weighted by Gasteiger charge is 2.37. The molecule has 0 bridgehead atoms. The first-order chi connectivity index (χ1) is 33.2. The molecule has 0 radical (unpaired) electrons. The summed E-state index contributed by atoms with van der Waals surface area (Å²) in [5, 5.41) is 11.3. The molecule has 1 aliphatic carbocycles. The van der Waals surface area contributed by atoms with Crippen LogP contribution in [0.4, 0.5) is 28.4 Å². The number of anilines is 5. The van der Waals surface area contributed by atoms with E-state index in [4.69, 9.17) is 6.58 Å². The standard InChI is InChI=1S/C63H51N3O2/c1-5-14-60-57(41-67)56-38-45(25-34-61(56)66(60)48-17-10-7-11-18-48)43-21-26-49(27-22-43)65(51-30-32-52(68)33-31-51)50-28-23-44(24-29-50)46-35-36-64(47-15-8-6-9-16-47)62-40-59-55(39-54(62)42(2)37-46)53-19-12-13-20-58(53)63(59,3)4/h6-13,15-41,68H,2,5,14H2,1,3-4H3/b36-35-,46-37+. The van der Waals surface area contributed by atoms with Crippen molar-refractivity contribution in [3.05, 3.63) is 246 Å². The van der Waals surface area contributed by atoms with Crippen molar-refractivity contribution in [3.63, 3.8) is 0 Å². The maximum Gasteiger partial charge on any atom is 0.152 e. The van der Waals surface area contributed by atoms with Crippen molar-refractivity contribution in [2.24, 2.45) is 0 Å². The predicted molar refractivity (Wildman–Crippen MR) is 283 cm³/mol. The molecule has 0 atom stereocenters. The van der Waals surface area contributed by atoms with Gasteiger partial charge in [-0.1, -0.05) is 125 Å². The van der Waals surface area contributed by atoms with E-state index in [9.17, 15) is 9.90 Å². The number of hydrogen-bond acceptors (Lipinski definition) is 4. The molecule has 2 heterocycles. The molecular formula is C63H51N3O2. The molecule has 330 valence electrons. The average Bonchev–Trinajstić information content (AvgIpc) is 3.80. The number of hydrogen-bond donors (Lipinski definition) is 1. The number of nitrogens with zero attached hydrogens (tertiary/aromatic N) is 3. The molecule has 8 aromatic carbocycles. The summed E-state index contributed by atoms with van der Waals surface area (Å²) in [6, 6.07) is 65.3. The van der Waals surface area contributed by atoms with Gasteiger partial charge in [0.25, 0.3) is 0 Å². The van der Waals surface area contributed by atoms with Crippen LogP contribution in [-0.4, -0.2) is 16.0 Å². The fourth-order valence-electron chi connectivity index (χ4n) is 10.4. The van der Waals surface area contributed by atoms with Crippen LogP contribution < -0.4 is 9.80 Å². The fourth-order valence-corrected chi connectivity index (χ4v) is 10.4. The van der Waals surface area contributed by atoms with Crippen LogP contribution in [0.1, 0.15) is 65.5 Å². The second-order valence-electron chi connectivity index (χ2n) is 18.3. The van der Waals surface area contributed by atoms with Gasteiger partial charge in [0.05, 0.1) is 11.2 Å². The number of carbonyl (C=O) groups excluding carboxylic acids is 1. The van der Waals surface area contributed by atoms with Crippen molar-refractivity contribution in [1.82, 2.24) is 4.57 Å². The Morgan fingerprint density at radius 1 is 0.618 bits per heavy atom. The first kappa shape index (κ1) is 42.2. The lowest BCUT2D eigenvalue weighted by molar-refractivity contribution is 0.112. The van der Waals surface area contributed by atoms with Crippen LogP contribution in [0.3, 0.4) is 0 Å². The van der Waals surface area contributed by atoms with Crippen LogP contribution in [0.2, 0.25) is 0 Å². The molecule has 9 aromatic rings. The number of rotatable bonds is 10. The van der Waals surface area contributed by atoms with E-state index in [1.807, 2.05) is 30.3 Å². The third-order valence-electron chi connectivity index (χ3n) is 13.8.